The van der Waals surface area contributed by atoms with Crippen molar-refractivity contribution in [3.8, 4) is 0 Å². The highest BCUT2D eigenvalue weighted by Gasteiger charge is 2.10. The van der Waals surface area contributed by atoms with Crippen LogP contribution in [0.15, 0.2) is 0 Å². The molecular weight excluding hydrogens is 154 g/mol. The van der Waals surface area contributed by atoms with Crippen LogP contribution in [0.2, 0.25) is 0 Å². The summed E-state index contributed by atoms with van der Waals surface area (Å²) in [4.78, 5) is 2.04. The number of hydrogen-bond donors (Lipinski definition) is 0. The van der Waals surface area contributed by atoms with Crippen LogP contribution in [0.25, 0.3) is 0 Å². The van der Waals surface area contributed by atoms with Gasteiger partial charge in [-0.1, -0.05) is 33.0 Å². The van der Waals surface area contributed by atoms with Crippen molar-refractivity contribution in [1.29, 1.82) is 0 Å². The molecule has 0 atom stereocenters. The van der Waals surface area contributed by atoms with Crippen LogP contribution in [0, 0.1) is 5.41 Å². The SMILES string of the molecule is CCN([C]=S)CCC(C)(C)C. The van der Waals surface area contributed by atoms with E-state index in [1.54, 1.807) is 0 Å². The first-order chi connectivity index (χ1) is 4.99. The van der Waals surface area contributed by atoms with Crippen molar-refractivity contribution in [3.63, 3.8) is 0 Å². The summed E-state index contributed by atoms with van der Waals surface area (Å²) in [7, 11) is 0. The standard InChI is InChI=1S/C9H18NS/c1-5-10(8-11)7-6-9(2,3)4/h5-7H2,1-4H3. The third-order valence-electron chi connectivity index (χ3n) is 1.64. The number of rotatable bonds is 4. The summed E-state index contributed by atoms with van der Waals surface area (Å²) >= 11 is 4.74. The van der Waals surface area contributed by atoms with Gasteiger partial charge in [-0.15, -0.1) is 0 Å². The van der Waals surface area contributed by atoms with Crippen molar-refractivity contribution in [3.05, 3.63) is 0 Å². The molecule has 1 nitrogen and oxygen atoms in total. The van der Waals surface area contributed by atoms with Crippen LogP contribution in [-0.4, -0.2) is 23.5 Å². The highest BCUT2D eigenvalue weighted by atomic mass is 32.1. The Kier molecular flexibility index (Phi) is 4.66. The monoisotopic (exact) mass is 172 g/mol. The molecule has 0 saturated carbocycles. The first-order valence-electron chi connectivity index (χ1n) is 4.12. The molecule has 1 radical (unpaired) electrons. The highest BCUT2D eigenvalue weighted by Crippen LogP contribution is 2.18. The summed E-state index contributed by atoms with van der Waals surface area (Å²) in [5.74, 6) is 0. The minimum absolute atomic E-state index is 0.402. The minimum Gasteiger partial charge on any atom is -0.361 e. The lowest BCUT2D eigenvalue weighted by molar-refractivity contribution is 0.318. The van der Waals surface area contributed by atoms with Crippen molar-refractivity contribution in [2.75, 3.05) is 13.1 Å². The van der Waals surface area contributed by atoms with Gasteiger partial charge in [0.05, 0.1) is 0 Å². The van der Waals surface area contributed by atoms with E-state index in [9.17, 15) is 0 Å². The quantitative estimate of drug-likeness (QED) is 0.473. The maximum absolute atomic E-state index is 4.74. The number of hydrogen-bond acceptors (Lipinski definition) is 1. The zero-order chi connectivity index (χ0) is 8.91. The molecule has 0 aromatic rings. The Hall–Kier alpha value is -0.110. The van der Waals surface area contributed by atoms with Gasteiger partial charge < -0.3 is 4.90 Å². The van der Waals surface area contributed by atoms with Gasteiger partial charge >= 0.3 is 0 Å². The van der Waals surface area contributed by atoms with E-state index in [-0.39, 0.29) is 0 Å². The molecule has 0 aliphatic heterocycles. The molecule has 2 heteroatoms. The zero-order valence-electron chi connectivity index (χ0n) is 7.98. The molecule has 0 spiro atoms. The van der Waals surface area contributed by atoms with E-state index in [4.69, 9.17) is 12.2 Å². The van der Waals surface area contributed by atoms with Gasteiger partial charge in [0.25, 0.3) is 0 Å². The summed E-state index contributed by atoms with van der Waals surface area (Å²) in [5.41, 5.74) is 3.14. The van der Waals surface area contributed by atoms with Crippen molar-refractivity contribution in [1.82, 2.24) is 4.90 Å². The largest absolute Gasteiger partial charge is 0.361 e. The van der Waals surface area contributed by atoms with Crippen molar-refractivity contribution < 1.29 is 0 Å². The highest BCUT2D eigenvalue weighted by molar-refractivity contribution is 7.78. The maximum Gasteiger partial charge on any atom is 0.136 e. The number of nitrogens with zero attached hydrogens (tertiary/aromatic N) is 1. The van der Waals surface area contributed by atoms with Gasteiger partial charge in [-0.3, -0.25) is 0 Å². The Labute approximate surface area is 75.8 Å². The lowest BCUT2D eigenvalue weighted by atomic mass is 9.92. The molecular formula is C9H18NS. The smallest absolute Gasteiger partial charge is 0.136 e. The van der Waals surface area contributed by atoms with Gasteiger partial charge in [-0.25, -0.2) is 0 Å². The molecule has 0 aliphatic carbocycles. The summed E-state index contributed by atoms with van der Waals surface area (Å²) in [5, 5.41) is 0. The predicted octanol–water partition coefficient (Wildman–Crippen LogP) is 2.58. The molecule has 0 aromatic carbocycles. The fraction of sp³-hybridized carbons (Fsp3) is 0.889. The van der Waals surface area contributed by atoms with Crippen molar-refractivity contribution in [2.45, 2.75) is 34.1 Å². The van der Waals surface area contributed by atoms with E-state index in [2.05, 4.69) is 33.2 Å². The van der Waals surface area contributed by atoms with Gasteiger partial charge in [0.1, 0.15) is 5.49 Å². The van der Waals surface area contributed by atoms with Gasteiger partial charge in [0.2, 0.25) is 0 Å². The molecule has 0 bridgehead atoms. The van der Waals surface area contributed by atoms with Crippen LogP contribution in [0.1, 0.15) is 34.1 Å². The van der Waals surface area contributed by atoms with Crippen molar-refractivity contribution >= 4 is 17.7 Å². The summed E-state index contributed by atoms with van der Waals surface area (Å²) in [6.45, 7) is 10.8. The van der Waals surface area contributed by atoms with E-state index < -0.39 is 0 Å². The van der Waals surface area contributed by atoms with Gasteiger partial charge in [-0.05, 0) is 18.8 Å². The third kappa shape index (κ3) is 6.29. The lowest BCUT2D eigenvalue weighted by Crippen LogP contribution is -2.25. The van der Waals surface area contributed by atoms with Crippen LogP contribution < -0.4 is 0 Å². The van der Waals surface area contributed by atoms with Crippen molar-refractivity contribution in [2.24, 2.45) is 5.41 Å². The van der Waals surface area contributed by atoms with E-state index in [0.717, 1.165) is 13.1 Å². The molecule has 11 heavy (non-hydrogen) atoms. The second kappa shape index (κ2) is 4.70. The van der Waals surface area contributed by atoms with E-state index in [0.29, 0.717) is 5.41 Å². The van der Waals surface area contributed by atoms with Gasteiger partial charge in [0.15, 0.2) is 0 Å². The molecule has 0 aromatic heterocycles. The maximum atomic E-state index is 4.74. The first-order valence-corrected chi connectivity index (χ1v) is 4.53. The van der Waals surface area contributed by atoms with Crippen LogP contribution in [-0.2, 0) is 0 Å². The molecule has 0 amide bonds. The van der Waals surface area contributed by atoms with Gasteiger partial charge in [0, 0.05) is 13.1 Å². The Morgan fingerprint density at radius 1 is 1.36 bits per heavy atom. The average molecular weight is 172 g/mol. The van der Waals surface area contributed by atoms with E-state index in [1.165, 1.54) is 6.42 Å². The normalized spacial score (nSPS) is 11.3. The fourth-order valence-electron chi connectivity index (χ4n) is 0.739. The van der Waals surface area contributed by atoms with Crippen LogP contribution >= 0.6 is 12.2 Å². The topological polar surface area (TPSA) is 3.24 Å². The van der Waals surface area contributed by atoms with E-state index >= 15 is 0 Å². The van der Waals surface area contributed by atoms with Gasteiger partial charge in [-0.2, -0.15) is 0 Å². The second-order valence-electron chi connectivity index (χ2n) is 3.98. The average Bonchev–Trinajstić information content (AvgIpc) is 1.88. The second-order valence-corrected chi connectivity index (χ2v) is 4.16. The minimum atomic E-state index is 0.402. The third-order valence-corrected chi connectivity index (χ3v) is 1.90. The first kappa shape index (κ1) is 10.9. The molecule has 0 rings (SSSR count). The lowest BCUT2D eigenvalue weighted by Gasteiger charge is -2.23. The molecule has 0 N–H and O–H groups in total. The van der Waals surface area contributed by atoms with Crippen LogP contribution in [0.4, 0.5) is 0 Å². The molecule has 65 valence electrons. The number of thiocarbonyl (C=S) groups is 1. The summed E-state index contributed by atoms with van der Waals surface area (Å²) < 4.78 is 0. The molecule has 0 unspecified atom stereocenters. The van der Waals surface area contributed by atoms with E-state index in [1.807, 2.05) is 4.90 Å². The van der Waals surface area contributed by atoms with Crippen LogP contribution in [0.3, 0.4) is 0 Å². The fourth-order valence-corrected chi connectivity index (χ4v) is 0.959. The Balaban J connectivity index is 3.59. The summed E-state index contributed by atoms with van der Waals surface area (Å²) in [6.07, 6.45) is 1.17. The molecule has 0 saturated heterocycles. The molecule has 0 aliphatic rings. The predicted molar refractivity (Wildman–Crippen MR) is 53.9 cm³/mol. The molecule has 0 heterocycles. The Morgan fingerprint density at radius 2 is 1.91 bits per heavy atom. The Morgan fingerprint density at radius 3 is 2.18 bits per heavy atom. The summed E-state index contributed by atoms with van der Waals surface area (Å²) in [6, 6.07) is 0. The zero-order valence-corrected chi connectivity index (χ0v) is 8.79. The Bertz CT molecular complexity index is 115. The van der Waals surface area contributed by atoms with Crippen LogP contribution in [0.5, 0.6) is 0 Å². The molecule has 0 fully saturated rings.